The Bertz CT molecular complexity index is 778. The van der Waals surface area contributed by atoms with Crippen molar-refractivity contribution in [3.05, 3.63) is 69.7 Å². The van der Waals surface area contributed by atoms with Crippen LogP contribution in [0.2, 0.25) is 10.0 Å². The molecule has 2 aromatic carbocycles. The van der Waals surface area contributed by atoms with E-state index in [2.05, 4.69) is 26.8 Å². The maximum Gasteiger partial charge on any atom is 0.203 e. The lowest BCUT2D eigenvalue weighted by atomic mass is 10.2. The third-order valence-corrected chi connectivity index (χ3v) is 5.36. The molecule has 0 fully saturated rings. The molecule has 0 radical (unpaired) electrons. The highest BCUT2D eigenvalue weighted by molar-refractivity contribution is 7.98. The summed E-state index contributed by atoms with van der Waals surface area (Å²) in [7, 11) is 0. The Kier molecular flexibility index (Phi) is 5.78. The number of halogens is 2. The zero-order valence-corrected chi connectivity index (χ0v) is 15.1. The van der Waals surface area contributed by atoms with E-state index in [0.717, 1.165) is 21.6 Å². The van der Waals surface area contributed by atoms with E-state index in [4.69, 9.17) is 23.2 Å². The normalized spacial score (nSPS) is 10.7. The molecular weight excluding hydrogens is 369 g/mol. The van der Waals surface area contributed by atoms with Gasteiger partial charge in [-0.05, 0) is 23.3 Å². The van der Waals surface area contributed by atoms with Crippen LogP contribution >= 0.6 is 46.5 Å². The Labute approximate surface area is 153 Å². The molecule has 0 unspecified atom stereocenters. The third kappa shape index (κ3) is 4.85. The fourth-order valence-electron chi connectivity index (χ4n) is 1.90. The average molecular weight is 382 g/mol. The van der Waals surface area contributed by atoms with Crippen LogP contribution < -0.4 is 5.32 Å². The van der Waals surface area contributed by atoms with Crippen LogP contribution in [0.3, 0.4) is 0 Å². The molecule has 3 nitrogen and oxygen atoms in total. The topological polar surface area (TPSA) is 37.8 Å². The first-order chi connectivity index (χ1) is 11.2. The predicted octanol–water partition coefficient (Wildman–Crippen LogP) is 5.75. The van der Waals surface area contributed by atoms with Gasteiger partial charge in [0.2, 0.25) is 10.3 Å². The van der Waals surface area contributed by atoms with E-state index < -0.39 is 0 Å². The molecule has 118 valence electrons. The summed E-state index contributed by atoms with van der Waals surface area (Å²) in [5.41, 5.74) is 2.24. The number of hydrogen-bond donors (Lipinski definition) is 1. The summed E-state index contributed by atoms with van der Waals surface area (Å²) < 4.78 is 4.36. The van der Waals surface area contributed by atoms with Gasteiger partial charge in [0.1, 0.15) is 0 Å². The van der Waals surface area contributed by atoms with Gasteiger partial charge in [0, 0.05) is 33.9 Å². The summed E-state index contributed by atoms with van der Waals surface area (Å²) in [4.78, 5) is 4.48. The van der Waals surface area contributed by atoms with E-state index in [-0.39, 0.29) is 0 Å². The third-order valence-electron chi connectivity index (χ3n) is 3.06. The van der Waals surface area contributed by atoms with Crippen LogP contribution in [0.25, 0.3) is 0 Å². The molecular formula is C16H13Cl2N3S2. The monoisotopic (exact) mass is 381 g/mol. The van der Waals surface area contributed by atoms with Crippen molar-refractivity contribution in [1.29, 1.82) is 0 Å². The quantitative estimate of drug-likeness (QED) is 0.551. The summed E-state index contributed by atoms with van der Waals surface area (Å²) in [6.45, 7) is 0.591. The zero-order chi connectivity index (χ0) is 16.1. The van der Waals surface area contributed by atoms with Crippen molar-refractivity contribution in [3.63, 3.8) is 0 Å². The molecule has 3 rings (SSSR count). The minimum atomic E-state index is 0.591. The smallest absolute Gasteiger partial charge is 0.203 e. The van der Waals surface area contributed by atoms with Crippen molar-refractivity contribution in [2.75, 3.05) is 5.32 Å². The molecule has 0 aliphatic rings. The van der Waals surface area contributed by atoms with Crippen LogP contribution in [-0.2, 0) is 12.3 Å². The Morgan fingerprint density at radius 2 is 1.91 bits per heavy atom. The molecule has 0 aliphatic heterocycles. The number of anilines is 1. The van der Waals surface area contributed by atoms with Crippen molar-refractivity contribution >= 4 is 51.6 Å². The van der Waals surface area contributed by atoms with Gasteiger partial charge in [-0.25, -0.2) is 0 Å². The van der Waals surface area contributed by atoms with Gasteiger partial charge in [-0.2, -0.15) is 9.36 Å². The number of benzene rings is 2. The summed E-state index contributed by atoms with van der Waals surface area (Å²) >= 11 is 15.0. The standard InChI is InChI=1S/C16H13Cl2N3S2/c17-13-7-6-12(14(18)8-13)9-19-15-20-16(21-23-15)22-10-11-4-2-1-3-5-11/h1-8H,9-10H2,(H,19,20,21). The average Bonchev–Trinajstić information content (AvgIpc) is 3.01. The van der Waals surface area contributed by atoms with E-state index in [1.807, 2.05) is 30.3 Å². The van der Waals surface area contributed by atoms with Crippen molar-refractivity contribution in [2.24, 2.45) is 0 Å². The fourth-order valence-corrected chi connectivity index (χ4v) is 3.87. The fraction of sp³-hybridized carbons (Fsp3) is 0.125. The molecule has 1 heterocycles. The molecule has 23 heavy (non-hydrogen) atoms. The van der Waals surface area contributed by atoms with Gasteiger partial charge >= 0.3 is 0 Å². The van der Waals surface area contributed by atoms with E-state index >= 15 is 0 Å². The summed E-state index contributed by atoms with van der Waals surface area (Å²) in [5, 5.41) is 6.09. The van der Waals surface area contributed by atoms with Crippen molar-refractivity contribution < 1.29 is 0 Å². The second kappa shape index (κ2) is 8.02. The van der Waals surface area contributed by atoms with E-state index in [9.17, 15) is 0 Å². The highest BCUT2D eigenvalue weighted by atomic mass is 35.5. The van der Waals surface area contributed by atoms with Crippen molar-refractivity contribution in [1.82, 2.24) is 9.36 Å². The molecule has 0 bridgehead atoms. The summed E-state index contributed by atoms with van der Waals surface area (Å²) in [6.07, 6.45) is 0. The van der Waals surface area contributed by atoms with Gasteiger partial charge in [-0.3, -0.25) is 0 Å². The largest absolute Gasteiger partial charge is 0.356 e. The lowest BCUT2D eigenvalue weighted by Crippen LogP contribution is -1.99. The zero-order valence-electron chi connectivity index (χ0n) is 12.0. The highest BCUT2D eigenvalue weighted by Crippen LogP contribution is 2.25. The molecule has 0 spiro atoms. The lowest BCUT2D eigenvalue weighted by molar-refractivity contribution is 1.05. The van der Waals surface area contributed by atoms with Crippen molar-refractivity contribution in [2.45, 2.75) is 17.5 Å². The number of hydrogen-bond acceptors (Lipinski definition) is 5. The second-order valence-corrected chi connectivity index (χ2v) is 7.28. The first-order valence-electron chi connectivity index (χ1n) is 6.89. The van der Waals surface area contributed by atoms with Crippen LogP contribution in [0.4, 0.5) is 5.13 Å². The van der Waals surface area contributed by atoms with Gasteiger partial charge in [0.25, 0.3) is 0 Å². The first kappa shape index (κ1) is 16.6. The number of rotatable bonds is 6. The minimum absolute atomic E-state index is 0.591. The molecule has 0 atom stereocenters. The second-order valence-electron chi connectivity index (χ2n) is 4.75. The maximum atomic E-state index is 6.16. The molecule has 7 heteroatoms. The van der Waals surface area contributed by atoms with E-state index in [0.29, 0.717) is 16.6 Å². The highest BCUT2D eigenvalue weighted by Gasteiger charge is 2.06. The molecule has 0 saturated heterocycles. The number of nitrogens with zero attached hydrogens (tertiary/aromatic N) is 2. The van der Waals surface area contributed by atoms with Crippen molar-refractivity contribution in [3.8, 4) is 0 Å². The van der Waals surface area contributed by atoms with Crippen LogP contribution in [0.15, 0.2) is 53.7 Å². The van der Waals surface area contributed by atoms with Crippen LogP contribution in [0.1, 0.15) is 11.1 Å². The van der Waals surface area contributed by atoms with Gasteiger partial charge in [-0.1, -0.05) is 71.4 Å². The molecule has 0 amide bonds. The predicted molar refractivity (Wildman–Crippen MR) is 99.7 cm³/mol. The Balaban J connectivity index is 1.55. The van der Waals surface area contributed by atoms with E-state index in [1.54, 1.807) is 17.8 Å². The van der Waals surface area contributed by atoms with Gasteiger partial charge < -0.3 is 5.32 Å². The van der Waals surface area contributed by atoms with Gasteiger partial charge in [0.05, 0.1) is 0 Å². The number of nitrogens with one attached hydrogen (secondary N) is 1. The molecule has 1 aromatic heterocycles. The molecule has 3 aromatic rings. The summed E-state index contributed by atoms with van der Waals surface area (Å²) in [6, 6.07) is 15.7. The molecule has 0 aliphatic carbocycles. The van der Waals surface area contributed by atoms with E-state index in [1.165, 1.54) is 17.1 Å². The molecule has 0 saturated carbocycles. The Morgan fingerprint density at radius 3 is 2.70 bits per heavy atom. The number of aromatic nitrogens is 2. The Hall–Kier alpha value is -1.27. The minimum Gasteiger partial charge on any atom is -0.356 e. The molecule has 1 N–H and O–H groups in total. The SMILES string of the molecule is Clc1ccc(CNc2nc(SCc3ccccc3)ns2)c(Cl)c1. The first-order valence-corrected chi connectivity index (χ1v) is 9.40. The number of thioether (sulfide) groups is 1. The lowest BCUT2D eigenvalue weighted by Gasteiger charge is -2.05. The van der Waals surface area contributed by atoms with Crippen LogP contribution in [-0.4, -0.2) is 9.36 Å². The van der Waals surface area contributed by atoms with Crippen LogP contribution in [0.5, 0.6) is 0 Å². The Morgan fingerprint density at radius 1 is 1.09 bits per heavy atom. The maximum absolute atomic E-state index is 6.16. The van der Waals surface area contributed by atoms with Crippen LogP contribution in [0, 0.1) is 0 Å². The van der Waals surface area contributed by atoms with Gasteiger partial charge in [0.15, 0.2) is 0 Å². The van der Waals surface area contributed by atoms with Gasteiger partial charge in [-0.15, -0.1) is 0 Å². The summed E-state index contributed by atoms with van der Waals surface area (Å²) in [5.74, 6) is 0.861.